The first-order valence-corrected chi connectivity index (χ1v) is 7.05. The van der Waals surface area contributed by atoms with Crippen LogP contribution in [0.3, 0.4) is 0 Å². The van der Waals surface area contributed by atoms with Crippen LogP contribution in [0.1, 0.15) is 26.2 Å². The highest BCUT2D eigenvalue weighted by atomic mass is 16.3. The van der Waals surface area contributed by atoms with Crippen LogP contribution in [0.25, 0.3) is 0 Å². The second-order valence-electron chi connectivity index (χ2n) is 5.72. The molecule has 0 spiro atoms. The van der Waals surface area contributed by atoms with Crippen molar-refractivity contribution < 1.29 is 9.90 Å². The topological polar surface area (TPSA) is 78.6 Å². The molecule has 2 rings (SSSR count). The molecular weight excluding hydrogens is 254 g/mol. The number of piperidine rings is 1. The van der Waals surface area contributed by atoms with E-state index in [9.17, 15) is 9.90 Å². The molecule has 0 aromatic heterocycles. The minimum Gasteiger partial charge on any atom is -0.397 e. The molecule has 0 saturated carbocycles. The molecule has 0 unspecified atom stereocenters. The average molecular weight is 277 g/mol. The van der Waals surface area contributed by atoms with Gasteiger partial charge in [-0.15, -0.1) is 0 Å². The van der Waals surface area contributed by atoms with Gasteiger partial charge >= 0.3 is 0 Å². The fraction of sp³-hybridized carbons (Fsp3) is 0.533. The first kappa shape index (κ1) is 14.8. The van der Waals surface area contributed by atoms with Gasteiger partial charge in [-0.25, -0.2) is 0 Å². The maximum absolute atomic E-state index is 11.9. The highest BCUT2D eigenvalue weighted by Gasteiger charge is 2.27. The van der Waals surface area contributed by atoms with Crippen LogP contribution in [0.15, 0.2) is 24.3 Å². The van der Waals surface area contributed by atoms with Crippen LogP contribution < -0.4 is 11.1 Å². The zero-order chi connectivity index (χ0) is 14.6. The van der Waals surface area contributed by atoms with Crippen molar-refractivity contribution in [1.82, 2.24) is 4.90 Å². The van der Waals surface area contributed by atoms with Crippen LogP contribution >= 0.6 is 0 Å². The van der Waals surface area contributed by atoms with Gasteiger partial charge in [-0.3, -0.25) is 4.79 Å². The van der Waals surface area contributed by atoms with Crippen molar-refractivity contribution in [2.45, 2.75) is 31.8 Å². The molecule has 110 valence electrons. The number of carbonyl (C=O) groups is 1. The van der Waals surface area contributed by atoms with E-state index in [0.717, 1.165) is 25.9 Å². The van der Waals surface area contributed by atoms with Gasteiger partial charge in [0.25, 0.3) is 0 Å². The third kappa shape index (κ3) is 4.21. The van der Waals surface area contributed by atoms with Gasteiger partial charge in [0, 0.05) is 26.1 Å². The third-order valence-electron chi connectivity index (χ3n) is 3.82. The summed E-state index contributed by atoms with van der Waals surface area (Å²) in [6, 6.07) is 7.25. The number of rotatable bonds is 4. The zero-order valence-electron chi connectivity index (χ0n) is 11.9. The molecule has 0 atom stereocenters. The van der Waals surface area contributed by atoms with Crippen LogP contribution in [0, 0.1) is 0 Å². The number of aliphatic hydroxyl groups is 1. The molecule has 0 aliphatic carbocycles. The lowest BCUT2D eigenvalue weighted by atomic mass is 9.94. The van der Waals surface area contributed by atoms with E-state index in [-0.39, 0.29) is 5.91 Å². The first-order valence-electron chi connectivity index (χ1n) is 7.05. The number of hydrogen-bond donors (Lipinski definition) is 3. The van der Waals surface area contributed by atoms with Crippen molar-refractivity contribution in [3.8, 4) is 0 Å². The standard InChI is InChI=1S/C15H23N3O2/c1-15(20)7-10-18(11-8-15)9-6-14(19)17-13-5-3-2-4-12(13)16/h2-5,20H,6-11,16H2,1H3,(H,17,19). The van der Waals surface area contributed by atoms with Crippen molar-refractivity contribution in [2.75, 3.05) is 30.7 Å². The maximum atomic E-state index is 11.9. The lowest BCUT2D eigenvalue weighted by molar-refractivity contribution is -0.116. The van der Waals surface area contributed by atoms with Crippen molar-refractivity contribution in [1.29, 1.82) is 0 Å². The number of nitrogens with zero attached hydrogens (tertiary/aromatic N) is 1. The predicted molar refractivity (Wildman–Crippen MR) is 80.4 cm³/mol. The van der Waals surface area contributed by atoms with Gasteiger partial charge in [-0.1, -0.05) is 12.1 Å². The summed E-state index contributed by atoms with van der Waals surface area (Å²) in [4.78, 5) is 14.1. The summed E-state index contributed by atoms with van der Waals surface area (Å²) in [6.07, 6.45) is 1.97. The van der Waals surface area contributed by atoms with Gasteiger partial charge in [-0.05, 0) is 31.9 Å². The molecule has 0 bridgehead atoms. The minimum atomic E-state index is -0.544. The Hall–Kier alpha value is -1.59. The molecule has 4 N–H and O–H groups in total. The van der Waals surface area contributed by atoms with Gasteiger partial charge in [-0.2, -0.15) is 0 Å². The van der Waals surface area contributed by atoms with E-state index in [1.165, 1.54) is 0 Å². The number of amides is 1. The largest absolute Gasteiger partial charge is 0.397 e. The lowest BCUT2D eigenvalue weighted by Gasteiger charge is -2.35. The Bertz CT molecular complexity index is 464. The Labute approximate surface area is 119 Å². The minimum absolute atomic E-state index is 0.0276. The van der Waals surface area contributed by atoms with E-state index in [0.29, 0.717) is 24.3 Å². The molecule has 1 aromatic rings. The summed E-state index contributed by atoms with van der Waals surface area (Å²) in [7, 11) is 0. The van der Waals surface area contributed by atoms with E-state index in [1.54, 1.807) is 12.1 Å². The summed E-state index contributed by atoms with van der Waals surface area (Å²) in [5.41, 5.74) is 6.48. The van der Waals surface area contributed by atoms with Crippen LogP contribution in [0.5, 0.6) is 0 Å². The van der Waals surface area contributed by atoms with Crippen LogP contribution in [-0.2, 0) is 4.79 Å². The number of likely N-dealkylation sites (tertiary alicyclic amines) is 1. The highest BCUT2D eigenvalue weighted by Crippen LogP contribution is 2.21. The zero-order valence-corrected chi connectivity index (χ0v) is 11.9. The molecule has 5 nitrogen and oxygen atoms in total. The third-order valence-corrected chi connectivity index (χ3v) is 3.82. The molecule has 1 saturated heterocycles. The van der Waals surface area contributed by atoms with Gasteiger partial charge in [0.05, 0.1) is 17.0 Å². The molecule has 1 amide bonds. The van der Waals surface area contributed by atoms with Crippen molar-refractivity contribution in [3.05, 3.63) is 24.3 Å². The molecule has 1 fully saturated rings. The first-order chi connectivity index (χ1) is 9.46. The summed E-state index contributed by atoms with van der Waals surface area (Å²) in [5.74, 6) is -0.0276. The normalized spacial score (nSPS) is 18.7. The summed E-state index contributed by atoms with van der Waals surface area (Å²) in [6.45, 7) is 4.27. The van der Waals surface area contributed by atoms with Gasteiger partial charge < -0.3 is 21.1 Å². The van der Waals surface area contributed by atoms with E-state index >= 15 is 0 Å². The molecule has 1 aliphatic heterocycles. The van der Waals surface area contributed by atoms with Crippen LogP contribution in [-0.4, -0.2) is 41.1 Å². The smallest absolute Gasteiger partial charge is 0.225 e. The number of anilines is 2. The number of para-hydroxylation sites is 2. The molecular formula is C15H23N3O2. The van der Waals surface area contributed by atoms with Gasteiger partial charge in [0.2, 0.25) is 5.91 Å². The molecule has 1 heterocycles. The quantitative estimate of drug-likeness (QED) is 0.728. The number of hydrogen-bond acceptors (Lipinski definition) is 4. The molecule has 5 heteroatoms. The maximum Gasteiger partial charge on any atom is 0.225 e. The van der Waals surface area contributed by atoms with Crippen LogP contribution in [0.2, 0.25) is 0 Å². The number of carbonyl (C=O) groups excluding carboxylic acids is 1. The number of nitrogens with two attached hydrogens (primary N) is 1. The molecule has 1 aromatic carbocycles. The van der Waals surface area contributed by atoms with Crippen LogP contribution in [0.4, 0.5) is 11.4 Å². The monoisotopic (exact) mass is 277 g/mol. The predicted octanol–water partition coefficient (Wildman–Crippen LogP) is 1.44. The molecule has 1 aliphatic rings. The Kier molecular flexibility index (Phi) is 4.62. The second kappa shape index (κ2) is 6.24. The number of benzene rings is 1. The Balaban J connectivity index is 1.75. The number of nitrogens with one attached hydrogen (secondary N) is 1. The van der Waals surface area contributed by atoms with E-state index in [2.05, 4.69) is 10.2 Å². The van der Waals surface area contributed by atoms with Crippen molar-refractivity contribution in [3.63, 3.8) is 0 Å². The summed E-state index contributed by atoms with van der Waals surface area (Å²) < 4.78 is 0. The van der Waals surface area contributed by atoms with Crippen molar-refractivity contribution >= 4 is 17.3 Å². The van der Waals surface area contributed by atoms with Gasteiger partial charge in [0.15, 0.2) is 0 Å². The second-order valence-corrected chi connectivity index (χ2v) is 5.72. The molecule has 0 radical (unpaired) electrons. The Morgan fingerprint density at radius 1 is 1.40 bits per heavy atom. The number of nitrogen functional groups attached to an aromatic ring is 1. The summed E-state index contributed by atoms with van der Waals surface area (Å²) >= 11 is 0. The Morgan fingerprint density at radius 3 is 2.70 bits per heavy atom. The van der Waals surface area contributed by atoms with Gasteiger partial charge in [0.1, 0.15) is 0 Å². The Morgan fingerprint density at radius 2 is 2.05 bits per heavy atom. The van der Waals surface area contributed by atoms with E-state index < -0.39 is 5.60 Å². The fourth-order valence-electron chi connectivity index (χ4n) is 2.34. The lowest BCUT2D eigenvalue weighted by Crippen LogP contribution is -2.43. The van der Waals surface area contributed by atoms with Crippen molar-refractivity contribution in [2.24, 2.45) is 0 Å². The average Bonchev–Trinajstić information content (AvgIpc) is 2.40. The highest BCUT2D eigenvalue weighted by molar-refractivity contribution is 5.93. The fourth-order valence-corrected chi connectivity index (χ4v) is 2.34. The van der Waals surface area contributed by atoms with E-state index in [1.807, 2.05) is 19.1 Å². The SMILES string of the molecule is CC1(O)CCN(CCC(=O)Nc2ccccc2N)CC1. The van der Waals surface area contributed by atoms with E-state index in [4.69, 9.17) is 5.73 Å². The molecule has 20 heavy (non-hydrogen) atoms. The summed E-state index contributed by atoms with van der Waals surface area (Å²) in [5, 5.41) is 12.7.